The van der Waals surface area contributed by atoms with E-state index in [2.05, 4.69) is 126 Å². The molecule has 0 aliphatic heterocycles. The smallest absolute Gasteiger partial charge is 0.112 e. The molecule has 368 valence electrons. The van der Waals surface area contributed by atoms with Gasteiger partial charge < -0.3 is 0 Å². The molecular weight excluding hydrogens is 853 g/mol. The van der Waals surface area contributed by atoms with E-state index in [4.69, 9.17) is 8.75 Å². The van der Waals surface area contributed by atoms with Gasteiger partial charge in [-0.05, 0) is 124 Å². The Morgan fingerprint density at radius 2 is 0.667 bits per heavy atom. The highest BCUT2D eigenvalue weighted by Crippen LogP contribution is 2.58. The first-order valence-electron chi connectivity index (χ1n) is 28.7. The maximum Gasteiger partial charge on any atom is 0.112 e. The Morgan fingerprint density at radius 3 is 1.10 bits per heavy atom. The molecule has 0 fully saturated rings. The van der Waals surface area contributed by atoms with Crippen LogP contribution >= 0.6 is 11.7 Å². The van der Waals surface area contributed by atoms with E-state index in [1.165, 1.54) is 247 Å². The predicted molar refractivity (Wildman–Crippen MR) is 302 cm³/mol. The van der Waals surface area contributed by atoms with Crippen LogP contribution in [0.4, 0.5) is 0 Å². The first-order chi connectivity index (χ1) is 33.9. The van der Waals surface area contributed by atoms with E-state index < -0.39 is 0 Å². The fraction of sp³-hybridized carbons (Fsp3) is 0.545. The quantitative estimate of drug-likeness (QED) is 0.0421. The molecule has 0 amide bonds. The molecule has 2 aliphatic rings. The highest BCUT2D eigenvalue weighted by atomic mass is 32.1. The van der Waals surface area contributed by atoms with Crippen molar-refractivity contribution in [3.05, 3.63) is 118 Å². The zero-order valence-corrected chi connectivity index (χ0v) is 45.0. The van der Waals surface area contributed by atoms with Gasteiger partial charge in [0.25, 0.3) is 0 Å². The van der Waals surface area contributed by atoms with Crippen LogP contribution in [-0.4, -0.2) is 8.75 Å². The van der Waals surface area contributed by atoms with E-state index in [0.717, 1.165) is 11.0 Å². The summed E-state index contributed by atoms with van der Waals surface area (Å²) in [7, 11) is 0. The molecule has 1 heterocycles. The average Bonchev–Trinajstić information content (AvgIpc) is 4.04. The molecule has 0 radical (unpaired) electrons. The highest BCUT2D eigenvalue weighted by Gasteiger charge is 2.44. The normalized spacial score (nSPS) is 14.1. The summed E-state index contributed by atoms with van der Waals surface area (Å²) in [6, 6.07) is 34.9. The van der Waals surface area contributed by atoms with Gasteiger partial charge in [0.1, 0.15) is 11.0 Å². The largest absolute Gasteiger partial charge is 0.173 e. The molecular formula is C66H88N2S. The van der Waals surface area contributed by atoms with Crippen LogP contribution < -0.4 is 0 Å². The van der Waals surface area contributed by atoms with Gasteiger partial charge in [-0.3, -0.25) is 0 Å². The van der Waals surface area contributed by atoms with Crippen molar-refractivity contribution in [2.45, 2.75) is 232 Å². The Bertz CT molecular complexity index is 2540. The minimum absolute atomic E-state index is 0.0276. The van der Waals surface area contributed by atoms with Crippen LogP contribution in [0.2, 0.25) is 0 Å². The summed E-state index contributed by atoms with van der Waals surface area (Å²) in [5, 5.41) is 0. The molecule has 0 saturated carbocycles. The van der Waals surface area contributed by atoms with Crippen molar-refractivity contribution in [3.63, 3.8) is 0 Å². The second-order valence-electron chi connectivity index (χ2n) is 22.0. The Morgan fingerprint density at radius 1 is 0.333 bits per heavy atom. The Labute approximate surface area is 424 Å². The minimum atomic E-state index is -0.0276. The van der Waals surface area contributed by atoms with Crippen molar-refractivity contribution in [1.82, 2.24) is 8.75 Å². The zero-order valence-electron chi connectivity index (χ0n) is 44.2. The van der Waals surface area contributed by atoms with E-state index in [0.29, 0.717) is 0 Å². The van der Waals surface area contributed by atoms with E-state index in [1.54, 1.807) is 22.3 Å². The van der Waals surface area contributed by atoms with Crippen LogP contribution in [0, 0.1) is 13.8 Å². The van der Waals surface area contributed by atoms with Gasteiger partial charge in [0, 0.05) is 16.4 Å². The number of hydrogen-bond acceptors (Lipinski definition) is 3. The Hall–Kier alpha value is -4.08. The van der Waals surface area contributed by atoms with Crippen molar-refractivity contribution in [1.29, 1.82) is 0 Å². The Kier molecular flexibility index (Phi) is 18.5. The van der Waals surface area contributed by atoms with Crippen molar-refractivity contribution in [2.24, 2.45) is 0 Å². The summed E-state index contributed by atoms with van der Waals surface area (Å²) < 4.78 is 9.64. The number of aromatic nitrogens is 2. The molecule has 5 aromatic carbocycles. The lowest BCUT2D eigenvalue weighted by Gasteiger charge is -2.34. The van der Waals surface area contributed by atoms with E-state index in [9.17, 15) is 0 Å². The van der Waals surface area contributed by atoms with Crippen molar-refractivity contribution >= 4 is 22.8 Å². The van der Waals surface area contributed by atoms with Gasteiger partial charge in [0.2, 0.25) is 0 Å². The predicted octanol–water partition coefficient (Wildman–Crippen LogP) is 21.2. The molecule has 0 spiro atoms. The lowest BCUT2D eigenvalue weighted by atomic mass is 9.69. The van der Waals surface area contributed by atoms with Crippen molar-refractivity contribution in [2.75, 3.05) is 0 Å². The second kappa shape index (κ2) is 24.8. The molecule has 1 aromatic heterocycles. The van der Waals surface area contributed by atoms with Gasteiger partial charge in [-0.2, -0.15) is 8.75 Å². The number of unbranched alkanes of at least 4 members (excludes halogenated alkanes) is 20. The summed E-state index contributed by atoms with van der Waals surface area (Å²) in [4.78, 5) is 0. The molecule has 2 nitrogen and oxygen atoms in total. The van der Waals surface area contributed by atoms with Crippen LogP contribution in [0.1, 0.15) is 241 Å². The summed E-state index contributed by atoms with van der Waals surface area (Å²) >= 11 is 1.35. The molecule has 0 saturated heterocycles. The molecule has 2 aliphatic carbocycles. The molecule has 0 N–H and O–H groups in total. The van der Waals surface area contributed by atoms with Crippen LogP contribution in [0.5, 0.6) is 0 Å². The SMILES string of the molecule is CCCCCCCCC1(CCCCCCCC)c2cc(C)ccc2-c2ccc(-c3ccc4c(c3)C(CCCCCCCC)(CCCCCCCC)c3cc(-c5ccc(C)c6nsnc56)ccc3-4)cc21. The lowest BCUT2D eigenvalue weighted by molar-refractivity contribution is 0.397. The number of aryl methyl sites for hydroxylation is 2. The van der Waals surface area contributed by atoms with Crippen LogP contribution in [-0.2, 0) is 10.8 Å². The van der Waals surface area contributed by atoms with E-state index in [-0.39, 0.29) is 10.8 Å². The average molecular weight is 942 g/mol. The van der Waals surface area contributed by atoms with Gasteiger partial charge in [0.15, 0.2) is 0 Å². The van der Waals surface area contributed by atoms with Crippen molar-refractivity contribution < 1.29 is 0 Å². The third kappa shape index (κ3) is 11.4. The Balaban J connectivity index is 1.22. The number of nitrogens with zero attached hydrogens (tertiary/aromatic N) is 2. The minimum Gasteiger partial charge on any atom is -0.173 e. The fourth-order valence-corrected chi connectivity index (χ4v) is 13.6. The second-order valence-corrected chi connectivity index (χ2v) is 22.5. The highest BCUT2D eigenvalue weighted by molar-refractivity contribution is 7.00. The van der Waals surface area contributed by atoms with Gasteiger partial charge in [-0.25, -0.2) is 0 Å². The van der Waals surface area contributed by atoms with Crippen LogP contribution in [0.15, 0.2) is 84.9 Å². The first-order valence-corrected chi connectivity index (χ1v) is 29.4. The van der Waals surface area contributed by atoms with Gasteiger partial charge >= 0.3 is 0 Å². The molecule has 69 heavy (non-hydrogen) atoms. The van der Waals surface area contributed by atoms with E-state index in [1.807, 2.05) is 0 Å². The number of benzene rings is 5. The van der Waals surface area contributed by atoms with Crippen LogP contribution in [0.25, 0.3) is 55.5 Å². The molecule has 0 unspecified atom stereocenters. The first kappa shape index (κ1) is 51.3. The molecule has 8 rings (SSSR count). The number of fused-ring (bicyclic) bond motifs is 7. The van der Waals surface area contributed by atoms with Gasteiger partial charge in [-0.15, -0.1) is 0 Å². The maximum atomic E-state index is 4.89. The summed E-state index contributed by atoms with van der Waals surface area (Å²) in [6.45, 7) is 13.8. The van der Waals surface area contributed by atoms with Gasteiger partial charge in [-0.1, -0.05) is 254 Å². The number of hydrogen-bond donors (Lipinski definition) is 0. The molecule has 6 aromatic rings. The standard InChI is InChI=1S/C66H88N2S/c1-7-11-15-19-23-27-41-65(42-28-24-20-16-12-8-2)59-45-49(5)31-36-55(59)56-38-33-51(46-60(56)65)52-34-39-57-58-40-35-53(54-37-32-50(6)63-64(54)68-69-67-63)48-62(58)66(61(57)47-52,43-29-25-21-17-13-9-3)44-30-26-22-18-14-10-4/h31-40,45-48H,7-30,41-44H2,1-6H3. The lowest BCUT2D eigenvalue weighted by Crippen LogP contribution is -2.26. The summed E-state index contributed by atoms with van der Waals surface area (Å²) in [5.74, 6) is 0. The fourth-order valence-electron chi connectivity index (χ4n) is 13.0. The molecule has 0 atom stereocenters. The maximum absolute atomic E-state index is 4.89. The molecule has 0 bridgehead atoms. The van der Waals surface area contributed by atoms with Gasteiger partial charge in [0.05, 0.1) is 11.7 Å². The monoisotopic (exact) mass is 941 g/mol. The third-order valence-electron chi connectivity index (χ3n) is 17.0. The van der Waals surface area contributed by atoms with Crippen molar-refractivity contribution in [3.8, 4) is 44.5 Å². The third-order valence-corrected chi connectivity index (χ3v) is 17.5. The zero-order chi connectivity index (χ0) is 48.1. The number of rotatable bonds is 30. The molecule has 3 heteroatoms. The summed E-state index contributed by atoms with van der Waals surface area (Å²) in [5.41, 5.74) is 22.3. The van der Waals surface area contributed by atoms with E-state index >= 15 is 0 Å². The summed E-state index contributed by atoms with van der Waals surface area (Å²) in [6.07, 6.45) is 36.9. The topological polar surface area (TPSA) is 25.8 Å². The van der Waals surface area contributed by atoms with Crippen LogP contribution in [0.3, 0.4) is 0 Å².